The molecule has 0 unspecified atom stereocenters. The van der Waals surface area contributed by atoms with Crippen LogP contribution in [0.4, 0.5) is 5.69 Å². The van der Waals surface area contributed by atoms with E-state index < -0.39 is 0 Å². The molecule has 2 aromatic carbocycles. The van der Waals surface area contributed by atoms with Crippen LogP contribution in [0.5, 0.6) is 5.75 Å². The summed E-state index contributed by atoms with van der Waals surface area (Å²) in [5, 5.41) is 0.466. The van der Waals surface area contributed by atoms with Gasteiger partial charge in [-0.15, -0.1) is 0 Å². The average Bonchev–Trinajstić information content (AvgIpc) is 2.82. The van der Waals surface area contributed by atoms with E-state index in [1.807, 2.05) is 18.2 Å². The predicted octanol–water partition coefficient (Wildman–Crippen LogP) is 4.50. The third-order valence-corrected chi connectivity index (χ3v) is 3.85. The predicted molar refractivity (Wildman–Crippen MR) is 83.1 cm³/mol. The Bertz CT molecular complexity index is 762. The van der Waals surface area contributed by atoms with Crippen molar-refractivity contribution in [1.82, 2.24) is 4.98 Å². The third-order valence-electron chi connectivity index (χ3n) is 2.91. The van der Waals surface area contributed by atoms with Crippen LogP contribution in [0.15, 0.2) is 39.2 Å². The quantitative estimate of drug-likeness (QED) is 0.689. The normalized spacial score (nSPS) is 10.9. The molecule has 20 heavy (non-hydrogen) atoms. The molecule has 1 heterocycles. The summed E-state index contributed by atoms with van der Waals surface area (Å²) in [6.07, 6.45) is 0. The fraction of sp³-hybridized carbons (Fsp3) is 0.0714. The zero-order chi connectivity index (χ0) is 14.3. The van der Waals surface area contributed by atoms with E-state index >= 15 is 0 Å². The fourth-order valence-corrected chi connectivity index (χ4v) is 2.59. The maximum absolute atomic E-state index is 5.98. The molecule has 0 saturated heterocycles. The Balaban J connectivity index is 2.12. The first-order valence-corrected chi connectivity index (χ1v) is 6.95. The molecule has 3 rings (SSSR count). The Morgan fingerprint density at radius 2 is 2.10 bits per heavy atom. The smallest absolute Gasteiger partial charge is 0.227 e. The second-order valence-corrected chi connectivity index (χ2v) is 5.47. The van der Waals surface area contributed by atoms with E-state index in [4.69, 9.17) is 26.5 Å². The molecule has 0 spiro atoms. The van der Waals surface area contributed by atoms with Crippen LogP contribution >= 0.6 is 27.5 Å². The van der Waals surface area contributed by atoms with Gasteiger partial charge in [0, 0.05) is 11.6 Å². The maximum atomic E-state index is 5.98. The molecule has 0 bridgehead atoms. The van der Waals surface area contributed by atoms with E-state index in [1.165, 1.54) is 0 Å². The molecule has 102 valence electrons. The highest BCUT2D eigenvalue weighted by Gasteiger charge is 2.12. The number of hydrogen-bond donors (Lipinski definition) is 1. The van der Waals surface area contributed by atoms with Gasteiger partial charge in [-0.25, -0.2) is 4.98 Å². The fourth-order valence-electron chi connectivity index (χ4n) is 1.89. The number of oxazole rings is 1. The number of ether oxygens (including phenoxy) is 1. The van der Waals surface area contributed by atoms with Gasteiger partial charge in [0.25, 0.3) is 0 Å². The number of benzene rings is 2. The molecule has 2 N–H and O–H groups in total. The van der Waals surface area contributed by atoms with Gasteiger partial charge < -0.3 is 14.9 Å². The highest BCUT2D eigenvalue weighted by Crippen LogP contribution is 2.33. The minimum atomic E-state index is 0.466. The zero-order valence-corrected chi connectivity index (χ0v) is 12.8. The van der Waals surface area contributed by atoms with Crippen molar-refractivity contribution in [2.45, 2.75) is 0 Å². The molecule has 0 saturated carbocycles. The molecular formula is C14H10BrClN2O2. The van der Waals surface area contributed by atoms with Crippen LogP contribution in [0.2, 0.25) is 5.02 Å². The van der Waals surface area contributed by atoms with Crippen molar-refractivity contribution in [2.24, 2.45) is 0 Å². The van der Waals surface area contributed by atoms with Gasteiger partial charge in [-0.2, -0.15) is 0 Å². The van der Waals surface area contributed by atoms with Gasteiger partial charge in [0.1, 0.15) is 11.3 Å². The molecule has 3 aromatic rings. The SMILES string of the molecule is COc1ccc(-c2nc3cc(Cl)c(N)cc3o2)cc1Br. The van der Waals surface area contributed by atoms with Crippen molar-refractivity contribution < 1.29 is 9.15 Å². The topological polar surface area (TPSA) is 61.3 Å². The zero-order valence-electron chi connectivity index (χ0n) is 10.5. The van der Waals surface area contributed by atoms with E-state index in [-0.39, 0.29) is 0 Å². The number of nitrogens with zero attached hydrogens (tertiary/aromatic N) is 1. The first-order chi connectivity index (χ1) is 9.58. The van der Waals surface area contributed by atoms with Gasteiger partial charge in [-0.3, -0.25) is 0 Å². The van der Waals surface area contributed by atoms with Crippen LogP contribution < -0.4 is 10.5 Å². The van der Waals surface area contributed by atoms with Crippen LogP contribution in [0.3, 0.4) is 0 Å². The standard InChI is InChI=1S/C14H10BrClN2O2/c1-19-12-3-2-7(4-8(12)15)14-18-11-5-9(16)10(17)6-13(11)20-14/h2-6H,17H2,1H3. The summed E-state index contributed by atoms with van der Waals surface area (Å²) in [6, 6.07) is 8.97. The Labute approximate surface area is 128 Å². The molecule has 0 aliphatic heterocycles. The molecule has 0 atom stereocenters. The molecule has 0 aliphatic carbocycles. The van der Waals surface area contributed by atoms with Crippen LogP contribution in [-0.4, -0.2) is 12.1 Å². The highest BCUT2D eigenvalue weighted by atomic mass is 79.9. The maximum Gasteiger partial charge on any atom is 0.227 e. The lowest BCUT2D eigenvalue weighted by Crippen LogP contribution is -1.85. The van der Waals surface area contributed by atoms with E-state index in [9.17, 15) is 0 Å². The van der Waals surface area contributed by atoms with Crippen molar-refractivity contribution in [3.05, 3.63) is 39.8 Å². The lowest BCUT2D eigenvalue weighted by atomic mass is 10.2. The Morgan fingerprint density at radius 1 is 1.30 bits per heavy atom. The number of rotatable bonds is 2. The number of fused-ring (bicyclic) bond motifs is 1. The number of anilines is 1. The van der Waals surface area contributed by atoms with Gasteiger partial charge in [-0.1, -0.05) is 11.6 Å². The van der Waals surface area contributed by atoms with E-state index in [0.29, 0.717) is 27.7 Å². The minimum Gasteiger partial charge on any atom is -0.496 e. The highest BCUT2D eigenvalue weighted by molar-refractivity contribution is 9.10. The van der Waals surface area contributed by atoms with E-state index in [1.54, 1.807) is 19.2 Å². The third kappa shape index (κ3) is 2.23. The van der Waals surface area contributed by atoms with Gasteiger partial charge in [0.2, 0.25) is 5.89 Å². The van der Waals surface area contributed by atoms with E-state index in [0.717, 1.165) is 15.8 Å². The lowest BCUT2D eigenvalue weighted by molar-refractivity contribution is 0.412. The number of aromatic nitrogens is 1. The number of hydrogen-bond acceptors (Lipinski definition) is 4. The molecule has 0 aliphatic rings. The summed E-state index contributed by atoms with van der Waals surface area (Å²) >= 11 is 9.41. The van der Waals surface area contributed by atoms with Crippen molar-refractivity contribution in [3.63, 3.8) is 0 Å². The van der Waals surface area contributed by atoms with Gasteiger partial charge >= 0.3 is 0 Å². The lowest BCUT2D eigenvalue weighted by Gasteiger charge is -2.03. The molecule has 0 fully saturated rings. The van der Waals surface area contributed by atoms with Crippen LogP contribution in [-0.2, 0) is 0 Å². The summed E-state index contributed by atoms with van der Waals surface area (Å²) in [4.78, 5) is 4.41. The second kappa shape index (κ2) is 5.00. The molecule has 6 heteroatoms. The molecule has 4 nitrogen and oxygen atoms in total. The molecular weight excluding hydrogens is 344 g/mol. The Morgan fingerprint density at radius 3 is 2.80 bits per heavy atom. The average molecular weight is 354 g/mol. The summed E-state index contributed by atoms with van der Waals surface area (Å²) < 4.78 is 11.7. The summed E-state index contributed by atoms with van der Waals surface area (Å²) in [7, 11) is 1.62. The number of methoxy groups -OCH3 is 1. The van der Waals surface area contributed by atoms with Gasteiger partial charge in [0.15, 0.2) is 5.58 Å². The van der Waals surface area contributed by atoms with Crippen molar-refractivity contribution in [3.8, 4) is 17.2 Å². The summed E-state index contributed by atoms with van der Waals surface area (Å²) in [5.41, 5.74) is 8.34. The van der Waals surface area contributed by atoms with Crippen molar-refractivity contribution >= 4 is 44.3 Å². The van der Waals surface area contributed by atoms with Crippen LogP contribution in [0.1, 0.15) is 0 Å². The second-order valence-electron chi connectivity index (χ2n) is 4.21. The summed E-state index contributed by atoms with van der Waals surface area (Å²) in [6.45, 7) is 0. The number of halogens is 2. The van der Waals surface area contributed by atoms with Gasteiger partial charge in [0.05, 0.1) is 22.3 Å². The number of nitrogen functional groups attached to an aromatic ring is 1. The monoisotopic (exact) mass is 352 g/mol. The van der Waals surface area contributed by atoms with Crippen molar-refractivity contribution in [1.29, 1.82) is 0 Å². The Kier molecular flexibility index (Phi) is 3.31. The number of nitrogens with two attached hydrogens (primary N) is 1. The van der Waals surface area contributed by atoms with Crippen LogP contribution in [0.25, 0.3) is 22.6 Å². The summed E-state index contributed by atoms with van der Waals surface area (Å²) in [5.74, 6) is 1.25. The Hall–Kier alpha value is -1.72. The largest absolute Gasteiger partial charge is 0.496 e. The molecule has 1 aromatic heterocycles. The first kappa shape index (κ1) is 13.3. The molecule has 0 radical (unpaired) electrons. The minimum absolute atomic E-state index is 0.466. The molecule has 0 amide bonds. The first-order valence-electron chi connectivity index (χ1n) is 5.78. The van der Waals surface area contributed by atoms with E-state index in [2.05, 4.69) is 20.9 Å². The van der Waals surface area contributed by atoms with Gasteiger partial charge in [-0.05, 0) is 40.2 Å². The van der Waals surface area contributed by atoms with Crippen LogP contribution in [0, 0.1) is 0 Å². The van der Waals surface area contributed by atoms with Crippen molar-refractivity contribution in [2.75, 3.05) is 12.8 Å².